The van der Waals surface area contributed by atoms with Crippen LogP contribution < -0.4 is 10.6 Å². The zero-order valence-electron chi connectivity index (χ0n) is 19.0. The van der Waals surface area contributed by atoms with Crippen molar-refractivity contribution >= 4 is 35.4 Å². The summed E-state index contributed by atoms with van der Waals surface area (Å²) in [5, 5.41) is 5.52. The molecule has 2 atom stereocenters. The molecule has 2 aromatic carbocycles. The fourth-order valence-corrected chi connectivity index (χ4v) is 3.60. The van der Waals surface area contributed by atoms with Gasteiger partial charge >= 0.3 is 6.09 Å². The smallest absolute Gasteiger partial charge is 0.408 e. The summed E-state index contributed by atoms with van der Waals surface area (Å²) in [5.41, 5.74) is 1.56. The minimum atomic E-state index is -0.792. The highest BCUT2D eigenvalue weighted by Gasteiger charge is 2.30. The van der Waals surface area contributed by atoms with Crippen molar-refractivity contribution in [2.45, 2.75) is 37.8 Å². The summed E-state index contributed by atoms with van der Waals surface area (Å²) in [6, 6.07) is 16.0. The van der Waals surface area contributed by atoms with Gasteiger partial charge in [-0.3, -0.25) is 9.59 Å². The van der Waals surface area contributed by atoms with E-state index in [4.69, 9.17) is 4.74 Å². The number of hydrogen-bond acceptors (Lipinski definition) is 5. The molecule has 0 aliphatic heterocycles. The lowest BCUT2D eigenvalue weighted by molar-refractivity contribution is -0.136. The molecule has 0 unspecified atom stereocenters. The first-order valence-corrected chi connectivity index (χ1v) is 11.7. The Hall–Kier alpha value is -3.00. The molecule has 8 heteroatoms. The lowest BCUT2D eigenvalue weighted by atomic mass is 9.98. The zero-order valence-corrected chi connectivity index (χ0v) is 19.8. The van der Waals surface area contributed by atoms with Gasteiger partial charge in [-0.25, -0.2) is 4.79 Å². The molecule has 2 rings (SSSR count). The standard InChI is InChI=1S/C24H31N3O4S/c1-5-17(2)22(26-24(30)31-16-18-11-7-6-8-12-18)23(29)27(3)15-21(28)25-19-13-9-10-14-20(19)32-4/h6-14,17,22H,5,15-16H2,1-4H3,(H,25,28)(H,26,30)/t17-,22-/m0/s1. The molecule has 2 aromatic rings. The predicted molar refractivity (Wildman–Crippen MR) is 127 cm³/mol. The van der Waals surface area contributed by atoms with Gasteiger partial charge in [-0.2, -0.15) is 0 Å². The Kier molecular flexibility index (Phi) is 10.1. The molecule has 0 saturated heterocycles. The van der Waals surface area contributed by atoms with Crippen molar-refractivity contribution < 1.29 is 19.1 Å². The average Bonchev–Trinajstić information content (AvgIpc) is 2.81. The number of carbonyl (C=O) groups is 3. The summed E-state index contributed by atoms with van der Waals surface area (Å²) < 4.78 is 5.27. The number of amides is 3. The second-order valence-corrected chi connectivity index (χ2v) is 8.36. The zero-order chi connectivity index (χ0) is 23.5. The van der Waals surface area contributed by atoms with Gasteiger partial charge in [0.05, 0.1) is 12.2 Å². The molecule has 172 valence electrons. The average molecular weight is 458 g/mol. The lowest BCUT2D eigenvalue weighted by Crippen LogP contribution is -2.52. The van der Waals surface area contributed by atoms with Crippen LogP contribution >= 0.6 is 11.8 Å². The van der Waals surface area contributed by atoms with Crippen molar-refractivity contribution in [3.63, 3.8) is 0 Å². The number of para-hydroxylation sites is 1. The van der Waals surface area contributed by atoms with Gasteiger partial charge in [0, 0.05) is 11.9 Å². The van der Waals surface area contributed by atoms with Crippen molar-refractivity contribution in [1.29, 1.82) is 0 Å². The van der Waals surface area contributed by atoms with Gasteiger partial charge in [0.1, 0.15) is 12.6 Å². The van der Waals surface area contributed by atoms with Crippen LogP contribution in [0.2, 0.25) is 0 Å². The first kappa shape index (κ1) is 25.3. The first-order chi connectivity index (χ1) is 15.3. The molecular weight excluding hydrogens is 426 g/mol. The molecule has 0 spiro atoms. The third kappa shape index (κ3) is 7.60. The van der Waals surface area contributed by atoms with Crippen LogP contribution in [0, 0.1) is 5.92 Å². The van der Waals surface area contributed by atoms with E-state index in [9.17, 15) is 14.4 Å². The highest BCUT2D eigenvalue weighted by molar-refractivity contribution is 7.98. The number of ether oxygens (including phenoxy) is 1. The van der Waals surface area contributed by atoms with Gasteiger partial charge in [0.25, 0.3) is 0 Å². The molecule has 32 heavy (non-hydrogen) atoms. The van der Waals surface area contributed by atoms with Gasteiger partial charge in [-0.15, -0.1) is 11.8 Å². The van der Waals surface area contributed by atoms with E-state index in [0.29, 0.717) is 12.1 Å². The van der Waals surface area contributed by atoms with Crippen LogP contribution in [0.25, 0.3) is 0 Å². The van der Waals surface area contributed by atoms with Crippen molar-refractivity contribution in [3.05, 3.63) is 60.2 Å². The highest BCUT2D eigenvalue weighted by atomic mass is 32.2. The second kappa shape index (κ2) is 12.8. The SMILES string of the molecule is CC[C@H](C)[C@H](NC(=O)OCc1ccccc1)C(=O)N(C)CC(=O)Nc1ccccc1SC. The quantitative estimate of drug-likeness (QED) is 0.524. The van der Waals surface area contributed by atoms with E-state index in [1.807, 2.05) is 74.7 Å². The molecule has 0 saturated carbocycles. The minimum Gasteiger partial charge on any atom is -0.445 e. The molecule has 3 amide bonds. The number of alkyl carbamates (subject to hydrolysis) is 1. The van der Waals surface area contributed by atoms with E-state index >= 15 is 0 Å². The predicted octanol–water partition coefficient (Wildman–Crippen LogP) is 4.15. The number of benzene rings is 2. The summed E-state index contributed by atoms with van der Waals surface area (Å²) in [6.07, 6.45) is 1.94. The Bertz CT molecular complexity index is 907. The summed E-state index contributed by atoms with van der Waals surface area (Å²) in [5.74, 6) is -0.782. The molecule has 0 aliphatic rings. The van der Waals surface area contributed by atoms with Gasteiger partial charge in [0.2, 0.25) is 11.8 Å². The fraction of sp³-hybridized carbons (Fsp3) is 0.375. The number of thioether (sulfide) groups is 1. The normalized spacial score (nSPS) is 12.4. The third-order valence-electron chi connectivity index (χ3n) is 5.10. The van der Waals surface area contributed by atoms with Crippen LogP contribution in [-0.2, 0) is 20.9 Å². The topological polar surface area (TPSA) is 87.7 Å². The van der Waals surface area contributed by atoms with Crippen LogP contribution in [0.4, 0.5) is 10.5 Å². The van der Waals surface area contributed by atoms with E-state index in [1.54, 1.807) is 7.05 Å². The van der Waals surface area contributed by atoms with Crippen LogP contribution in [0.15, 0.2) is 59.5 Å². The Balaban J connectivity index is 1.96. The molecule has 0 radical (unpaired) electrons. The number of anilines is 1. The maximum atomic E-state index is 13.0. The van der Waals surface area contributed by atoms with Crippen molar-refractivity contribution in [1.82, 2.24) is 10.2 Å². The molecule has 0 fully saturated rings. The summed E-state index contributed by atoms with van der Waals surface area (Å²) in [4.78, 5) is 40.1. The summed E-state index contributed by atoms with van der Waals surface area (Å²) >= 11 is 1.53. The maximum Gasteiger partial charge on any atom is 0.408 e. The molecule has 7 nitrogen and oxygen atoms in total. The van der Waals surface area contributed by atoms with E-state index in [1.165, 1.54) is 16.7 Å². The van der Waals surface area contributed by atoms with Crippen LogP contribution in [0.1, 0.15) is 25.8 Å². The van der Waals surface area contributed by atoms with Gasteiger partial charge in [-0.05, 0) is 29.9 Å². The van der Waals surface area contributed by atoms with Gasteiger partial charge in [0.15, 0.2) is 0 Å². The number of nitrogens with one attached hydrogen (secondary N) is 2. The van der Waals surface area contributed by atoms with Gasteiger partial charge in [-0.1, -0.05) is 62.7 Å². The van der Waals surface area contributed by atoms with Crippen LogP contribution in [0.5, 0.6) is 0 Å². The minimum absolute atomic E-state index is 0.112. The van der Waals surface area contributed by atoms with E-state index in [-0.39, 0.29) is 30.9 Å². The molecule has 0 aromatic heterocycles. The summed E-state index contributed by atoms with van der Waals surface area (Å²) in [7, 11) is 1.55. The molecule has 0 aliphatic carbocycles. The van der Waals surface area contributed by atoms with Crippen molar-refractivity contribution in [2.75, 3.05) is 25.2 Å². The van der Waals surface area contributed by atoms with Crippen LogP contribution in [0.3, 0.4) is 0 Å². The fourth-order valence-electron chi connectivity index (χ4n) is 3.04. The van der Waals surface area contributed by atoms with E-state index in [2.05, 4.69) is 10.6 Å². The Morgan fingerprint density at radius 2 is 1.72 bits per heavy atom. The van der Waals surface area contributed by atoms with Crippen LogP contribution in [-0.4, -0.2) is 48.7 Å². The van der Waals surface area contributed by atoms with Crippen molar-refractivity contribution in [3.8, 4) is 0 Å². The van der Waals surface area contributed by atoms with Gasteiger partial charge < -0.3 is 20.3 Å². The Morgan fingerprint density at radius 1 is 1.06 bits per heavy atom. The number of rotatable bonds is 10. The van der Waals surface area contributed by atoms with E-state index < -0.39 is 12.1 Å². The van der Waals surface area contributed by atoms with Crippen molar-refractivity contribution in [2.24, 2.45) is 5.92 Å². The lowest BCUT2D eigenvalue weighted by Gasteiger charge is -2.27. The first-order valence-electron chi connectivity index (χ1n) is 10.5. The number of carbonyl (C=O) groups excluding carboxylic acids is 3. The second-order valence-electron chi connectivity index (χ2n) is 7.51. The number of hydrogen-bond donors (Lipinski definition) is 2. The number of nitrogens with zero attached hydrogens (tertiary/aromatic N) is 1. The number of likely N-dealkylation sites (N-methyl/N-ethyl adjacent to an activating group) is 1. The Morgan fingerprint density at radius 3 is 2.38 bits per heavy atom. The largest absolute Gasteiger partial charge is 0.445 e. The molecule has 0 bridgehead atoms. The summed E-state index contributed by atoms with van der Waals surface area (Å²) in [6.45, 7) is 3.80. The molecule has 2 N–H and O–H groups in total. The van der Waals surface area contributed by atoms with E-state index in [0.717, 1.165) is 10.5 Å². The Labute approximate surface area is 193 Å². The highest BCUT2D eigenvalue weighted by Crippen LogP contribution is 2.24. The molecular formula is C24H31N3O4S. The third-order valence-corrected chi connectivity index (χ3v) is 5.90. The molecule has 0 heterocycles. The monoisotopic (exact) mass is 457 g/mol. The maximum absolute atomic E-state index is 13.0.